The molecule has 1 heterocycles. The molecule has 0 bridgehead atoms. The van der Waals surface area contributed by atoms with E-state index < -0.39 is 10.0 Å². The van der Waals surface area contributed by atoms with Crippen molar-refractivity contribution in [1.82, 2.24) is 14.9 Å². The van der Waals surface area contributed by atoms with Crippen LogP contribution in [0.4, 0.5) is 5.69 Å². The lowest BCUT2D eigenvalue weighted by molar-refractivity contribution is 0.601. The van der Waals surface area contributed by atoms with Gasteiger partial charge < -0.3 is 0 Å². The van der Waals surface area contributed by atoms with Crippen molar-refractivity contribution in [3.63, 3.8) is 0 Å². The van der Waals surface area contributed by atoms with Gasteiger partial charge in [-0.15, -0.1) is 10.2 Å². The Morgan fingerprint density at radius 1 is 1.04 bits per heavy atom. The predicted octanol–water partition coefficient (Wildman–Crippen LogP) is 2.27. The van der Waals surface area contributed by atoms with Crippen LogP contribution in [0.25, 0.3) is 0 Å². The van der Waals surface area contributed by atoms with E-state index in [1.54, 1.807) is 48.5 Å². The van der Waals surface area contributed by atoms with Crippen molar-refractivity contribution < 1.29 is 8.42 Å². The quantitative estimate of drug-likeness (QED) is 0.721. The number of aromatic nitrogens is 3. The SMILES string of the molecule is Cc1ccc(S(=O)(=O)Nc2ccccc2C=Nn2cnnc2)cc1. The van der Waals surface area contributed by atoms with Crippen LogP contribution < -0.4 is 4.72 Å². The highest BCUT2D eigenvalue weighted by molar-refractivity contribution is 7.92. The molecular weight excluding hydrogens is 326 g/mol. The molecule has 0 saturated carbocycles. The second kappa shape index (κ2) is 6.63. The van der Waals surface area contributed by atoms with E-state index in [0.29, 0.717) is 11.3 Å². The standard InChI is InChI=1S/C16H15N5O2S/c1-13-6-8-15(9-7-13)24(22,23)20-16-5-3-2-4-14(16)10-19-21-11-17-18-12-21/h2-12,20H,1H3. The molecule has 0 saturated heterocycles. The Bertz CT molecular complexity index is 948. The summed E-state index contributed by atoms with van der Waals surface area (Å²) in [6, 6.07) is 13.7. The molecule has 3 aromatic rings. The third-order valence-electron chi connectivity index (χ3n) is 3.27. The second-order valence-corrected chi connectivity index (χ2v) is 6.77. The average molecular weight is 341 g/mol. The van der Waals surface area contributed by atoms with Gasteiger partial charge in [0.2, 0.25) is 0 Å². The van der Waals surface area contributed by atoms with Crippen molar-refractivity contribution in [2.75, 3.05) is 4.72 Å². The third-order valence-corrected chi connectivity index (χ3v) is 4.65. The third kappa shape index (κ3) is 3.66. The molecule has 0 unspecified atom stereocenters. The smallest absolute Gasteiger partial charge is 0.261 e. The monoisotopic (exact) mass is 341 g/mol. The summed E-state index contributed by atoms with van der Waals surface area (Å²) in [4.78, 5) is 0.207. The molecule has 122 valence electrons. The zero-order chi connectivity index (χ0) is 17.0. The van der Waals surface area contributed by atoms with Gasteiger partial charge in [-0.25, -0.2) is 13.1 Å². The second-order valence-electron chi connectivity index (χ2n) is 5.09. The van der Waals surface area contributed by atoms with Crippen molar-refractivity contribution in [3.8, 4) is 0 Å². The molecule has 7 nitrogen and oxygen atoms in total. The van der Waals surface area contributed by atoms with Gasteiger partial charge in [0, 0.05) is 5.56 Å². The molecule has 2 aromatic carbocycles. The van der Waals surface area contributed by atoms with Gasteiger partial charge in [0.05, 0.1) is 16.8 Å². The van der Waals surface area contributed by atoms with Gasteiger partial charge in [-0.05, 0) is 25.1 Å². The summed E-state index contributed by atoms with van der Waals surface area (Å²) < 4.78 is 29.0. The highest BCUT2D eigenvalue weighted by Gasteiger charge is 2.15. The summed E-state index contributed by atoms with van der Waals surface area (Å²) in [6.07, 6.45) is 4.42. The summed E-state index contributed by atoms with van der Waals surface area (Å²) in [7, 11) is -3.67. The molecule has 0 aliphatic rings. The minimum atomic E-state index is -3.67. The Hall–Kier alpha value is -3.00. The lowest BCUT2D eigenvalue weighted by atomic mass is 10.2. The molecule has 0 aliphatic heterocycles. The molecular formula is C16H15N5O2S. The minimum Gasteiger partial charge on any atom is -0.279 e. The number of para-hydroxylation sites is 1. The maximum Gasteiger partial charge on any atom is 0.261 e. The van der Waals surface area contributed by atoms with Crippen molar-refractivity contribution in [2.24, 2.45) is 5.10 Å². The molecule has 8 heteroatoms. The first-order valence-corrected chi connectivity index (χ1v) is 8.60. The van der Waals surface area contributed by atoms with Crippen molar-refractivity contribution in [3.05, 3.63) is 72.3 Å². The molecule has 0 fully saturated rings. The van der Waals surface area contributed by atoms with E-state index in [4.69, 9.17) is 0 Å². The number of rotatable bonds is 5. The van der Waals surface area contributed by atoms with Gasteiger partial charge in [-0.1, -0.05) is 35.9 Å². The number of nitrogens with zero attached hydrogens (tertiary/aromatic N) is 4. The predicted molar refractivity (Wildman–Crippen MR) is 91.4 cm³/mol. The zero-order valence-corrected chi connectivity index (χ0v) is 13.7. The average Bonchev–Trinajstić information content (AvgIpc) is 3.07. The van der Waals surface area contributed by atoms with Crippen LogP contribution in [-0.2, 0) is 10.0 Å². The molecule has 3 rings (SSSR count). The van der Waals surface area contributed by atoms with Gasteiger partial charge in [-0.2, -0.15) is 5.10 Å². The van der Waals surface area contributed by atoms with Gasteiger partial charge in [0.1, 0.15) is 12.7 Å². The Kier molecular flexibility index (Phi) is 4.39. The van der Waals surface area contributed by atoms with Gasteiger partial charge in [-0.3, -0.25) is 4.72 Å². The van der Waals surface area contributed by atoms with E-state index in [0.717, 1.165) is 5.56 Å². The number of benzene rings is 2. The largest absolute Gasteiger partial charge is 0.279 e. The number of nitrogens with one attached hydrogen (secondary N) is 1. The molecule has 1 N–H and O–H groups in total. The van der Waals surface area contributed by atoms with E-state index in [9.17, 15) is 8.42 Å². The van der Waals surface area contributed by atoms with E-state index in [-0.39, 0.29) is 4.90 Å². The molecule has 0 amide bonds. The Labute approximate surface area is 139 Å². The summed E-state index contributed by atoms with van der Waals surface area (Å²) in [5.41, 5.74) is 2.06. The molecule has 0 spiro atoms. The van der Waals surface area contributed by atoms with Gasteiger partial charge >= 0.3 is 0 Å². The van der Waals surface area contributed by atoms with E-state index in [2.05, 4.69) is 20.0 Å². The highest BCUT2D eigenvalue weighted by atomic mass is 32.2. The van der Waals surface area contributed by atoms with Crippen LogP contribution in [0.1, 0.15) is 11.1 Å². The maximum atomic E-state index is 12.5. The van der Waals surface area contributed by atoms with Gasteiger partial charge in [0.15, 0.2) is 0 Å². The summed E-state index contributed by atoms with van der Waals surface area (Å²) in [6.45, 7) is 1.90. The Balaban J connectivity index is 1.88. The number of anilines is 1. The number of hydrogen-bond donors (Lipinski definition) is 1. The molecule has 0 atom stereocenters. The summed E-state index contributed by atoms with van der Waals surface area (Å²) in [5.74, 6) is 0. The first-order chi connectivity index (χ1) is 11.5. The lowest BCUT2D eigenvalue weighted by Gasteiger charge is -2.10. The fourth-order valence-electron chi connectivity index (χ4n) is 2.01. The van der Waals surface area contributed by atoms with Gasteiger partial charge in [0.25, 0.3) is 10.0 Å². The molecule has 0 radical (unpaired) electrons. The lowest BCUT2D eigenvalue weighted by Crippen LogP contribution is -2.14. The van der Waals surface area contributed by atoms with E-state index in [1.165, 1.54) is 23.5 Å². The van der Waals surface area contributed by atoms with Crippen LogP contribution in [0.5, 0.6) is 0 Å². The van der Waals surface area contributed by atoms with E-state index in [1.807, 2.05) is 6.92 Å². The van der Waals surface area contributed by atoms with Crippen LogP contribution in [0.3, 0.4) is 0 Å². The van der Waals surface area contributed by atoms with Crippen LogP contribution in [0.2, 0.25) is 0 Å². The zero-order valence-electron chi connectivity index (χ0n) is 12.9. The van der Waals surface area contributed by atoms with Crippen molar-refractivity contribution >= 4 is 21.9 Å². The van der Waals surface area contributed by atoms with Crippen LogP contribution in [0.15, 0.2) is 71.2 Å². The Morgan fingerprint density at radius 2 is 1.71 bits per heavy atom. The fraction of sp³-hybridized carbons (Fsp3) is 0.0625. The van der Waals surface area contributed by atoms with Crippen molar-refractivity contribution in [2.45, 2.75) is 11.8 Å². The molecule has 0 aliphatic carbocycles. The van der Waals surface area contributed by atoms with Crippen LogP contribution in [-0.4, -0.2) is 29.5 Å². The maximum absolute atomic E-state index is 12.5. The first-order valence-electron chi connectivity index (χ1n) is 7.12. The molecule has 1 aromatic heterocycles. The minimum absolute atomic E-state index is 0.207. The topological polar surface area (TPSA) is 89.2 Å². The van der Waals surface area contributed by atoms with Crippen molar-refractivity contribution in [1.29, 1.82) is 0 Å². The highest BCUT2D eigenvalue weighted by Crippen LogP contribution is 2.19. The normalized spacial score (nSPS) is 11.7. The van der Waals surface area contributed by atoms with E-state index >= 15 is 0 Å². The van der Waals surface area contributed by atoms with Crippen LogP contribution >= 0.6 is 0 Å². The fourth-order valence-corrected chi connectivity index (χ4v) is 3.10. The Morgan fingerprint density at radius 3 is 2.42 bits per heavy atom. The van der Waals surface area contributed by atoms with Crippen LogP contribution in [0, 0.1) is 6.92 Å². The number of aryl methyl sites for hydroxylation is 1. The summed E-state index contributed by atoms with van der Waals surface area (Å²) in [5, 5.41) is 11.4. The summed E-state index contributed by atoms with van der Waals surface area (Å²) >= 11 is 0. The first kappa shape index (κ1) is 15.9. The molecule has 24 heavy (non-hydrogen) atoms. The number of hydrogen-bond acceptors (Lipinski definition) is 5. The number of sulfonamides is 1.